The zero-order valence-corrected chi connectivity index (χ0v) is 20.9. The topological polar surface area (TPSA) is 124 Å². The third kappa shape index (κ3) is 3.14. The lowest BCUT2D eigenvalue weighted by Crippen LogP contribution is -2.50. The number of carbonyl (C=O) groups is 4. The lowest BCUT2D eigenvalue weighted by Gasteiger charge is -2.34. The van der Waals surface area contributed by atoms with Gasteiger partial charge in [0.1, 0.15) is 16.3 Å². The fourth-order valence-electron chi connectivity index (χ4n) is 4.38. The van der Waals surface area contributed by atoms with Gasteiger partial charge in [-0.2, -0.15) is 0 Å². The van der Waals surface area contributed by atoms with Crippen molar-refractivity contribution in [3.05, 3.63) is 50.0 Å². The number of hydrogen-bond acceptors (Lipinski definition) is 7. The van der Waals surface area contributed by atoms with Crippen molar-refractivity contribution >= 4 is 98.9 Å². The molecule has 3 aliphatic rings. The van der Waals surface area contributed by atoms with Crippen molar-refractivity contribution < 1.29 is 28.8 Å². The zero-order valence-electron chi connectivity index (χ0n) is 16.4. The van der Waals surface area contributed by atoms with Crippen molar-refractivity contribution in [2.45, 2.75) is 14.1 Å². The molecule has 0 radical (unpaired) electrons. The van der Waals surface area contributed by atoms with Crippen LogP contribution in [0.2, 0.25) is 0 Å². The second-order valence-electron chi connectivity index (χ2n) is 7.73. The fourth-order valence-corrected chi connectivity index (χ4v) is 7.31. The number of imide groups is 1. The van der Waals surface area contributed by atoms with E-state index in [1.54, 1.807) is 0 Å². The summed E-state index contributed by atoms with van der Waals surface area (Å²) < 4.78 is 2.77. The summed E-state index contributed by atoms with van der Waals surface area (Å²) >= 11 is 38.2. The molecule has 2 amide bonds. The number of esters is 1. The van der Waals surface area contributed by atoms with Crippen LogP contribution in [0.5, 0.6) is 0 Å². The smallest absolute Gasteiger partial charge is 0.326 e. The highest BCUT2D eigenvalue weighted by atomic mass is 35.5. The Balaban J connectivity index is 1.46. The van der Waals surface area contributed by atoms with Gasteiger partial charge >= 0.3 is 5.97 Å². The van der Waals surface area contributed by atoms with Gasteiger partial charge in [-0.15, -0.1) is 23.2 Å². The molecule has 1 saturated heterocycles. The normalized spacial score (nSPS) is 31.2. The molecule has 0 unspecified atom stereocenters. The minimum atomic E-state index is -2.10. The van der Waals surface area contributed by atoms with Gasteiger partial charge in [0, 0.05) is 17.7 Å². The number of amides is 2. The number of Topliss-reactive ketones (excluding diaryl/α,β-unsaturated/α-hetero) is 1. The zero-order chi connectivity index (χ0) is 25.4. The summed E-state index contributed by atoms with van der Waals surface area (Å²) in [6.45, 7) is -1.57. The molecule has 4 atom stereocenters. The summed E-state index contributed by atoms with van der Waals surface area (Å²) in [4.78, 5) is 57.2. The van der Waals surface area contributed by atoms with Crippen LogP contribution >= 0.6 is 69.6 Å². The molecule has 4 rings (SSSR count). The predicted octanol–water partition coefficient (Wildman–Crippen LogP) is 3.77. The average molecular weight is 591 g/mol. The Kier molecular flexibility index (Phi) is 6.15. The van der Waals surface area contributed by atoms with Crippen LogP contribution in [0.1, 0.15) is 10.4 Å². The van der Waals surface area contributed by atoms with Crippen molar-refractivity contribution in [1.82, 2.24) is 4.90 Å². The molecule has 0 N–H and O–H groups in total. The number of halogens is 6. The molecular weight excluding hydrogens is 581 g/mol. The summed E-state index contributed by atoms with van der Waals surface area (Å²) in [5, 5.41) is 10.2. The molecule has 0 spiro atoms. The van der Waals surface area contributed by atoms with Crippen LogP contribution in [0.15, 0.2) is 34.3 Å². The second-order valence-corrected chi connectivity index (χ2v) is 11.0. The van der Waals surface area contributed by atoms with E-state index in [1.165, 1.54) is 12.1 Å². The van der Waals surface area contributed by atoms with Gasteiger partial charge in [0.2, 0.25) is 11.8 Å². The first-order valence-electron chi connectivity index (χ1n) is 9.31. The molecule has 9 nitrogen and oxygen atoms in total. The van der Waals surface area contributed by atoms with E-state index in [0.29, 0.717) is 4.90 Å². The number of benzene rings is 1. The molecule has 2 aliphatic carbocycles. The molecule has 15 heteroatoms. The average Bonchev–Trinajstić information content (AvgIpc) is 3.16. The molecule has 1 aromatic rings. The van der Waals surface area contributed by atoms with Gasteiger partial charge in [-0.1, -0.05) is 46.4 Å². The van der Waals surface area contributed by atoms with Crippen LogP contribution in [0.25, 0.3) is 0 Å². The number of nitro groups is 1. The molecule has 0 aromatic heterocycles. The van der Waals surface area contributed by atoms with E-state index < -0.39 is 67.6 Å². The number of alkyl halides is 4. The van der Waals surface area contributed by atoms with E-state index in [4.69, 9.17) is 74.3 Å². The van der Waals surface area contributed by atoms with Crippen molar-refractivity contribution in [3.63, 3.8) is 0 Å². The first-order valence-corrected chi connectivity index (χ1v) is 11.6. The largest absolute Gasteiger partial charge is 0.456 e. The maximum absolute atomic E-state index is 13.0. The maximum atomic E-state index is 13.0. The quantitative estimate of drug-likeness (QED) is 0.123. The van der Waals surface area contributed by atoms with Crippen molar-refractivity contribution in [2.24, 2.45) is 11.8 Å². The van der Waals surface area contributed by atoms with Crippen molar-refractivity contribution in [2.75, 3.05) is 13.2 Å². The highest BCUT2D eigenvalue weighted by molar-refractivity contribution is 6.66. The molecule has 180 valence electrons. The minimum Gasteiger partial charge on any atom is -0.456 e. The molecule has 1 aliphatic heterocycles. The number of ketones is 1. The Morgan fingerprint density at radius 1 is 0.971 bits per heavy atom. The maximum Gasteiger partial charge on any atom is 0.326 e. The number of rotatable bonds is 6. The molecule has 34 heavy (non-hydrogen) atoms. The number of nitrogens with zero attached hydrogens (tertiary/aromatic N) is 2. The van der Waals surface area contributed by atoms with Crippen LogP contribution in [-0.4, -0.2) is 60.6 Å². The monoisotopic (exact) mass is 588 g/mol. The summed E-state index contributed by atoms with van der Waals surface area (Å²) in [7, 11) is 0. The number of non-ortho nitro benzene ring substituents is 1. The summed E-state index contributed by atoms with van der Waals surface area (Å²) in [6, 6.07) is 4.63. The number of likely N-dealkylation sites (tertiary alicyclic amines) is 1. The van der Waals surface area contributed by atoms with Crippen LogP contribution in [-0.2, 0) is 19.1 Å². The van der Waals surface area contributed by atoms with Gasteiger partial charge < -0.3 is 4.74 Å². The van der Waals surface area contributed by atoms with Crippen LogP contribution < -0.4 is 0 Å². The Morgan fingerprint density at radius 3 is 1.88 bits per heavy atom. The number of ether oxygens (including phenoxy) is 1. The van der Waals surface area contributed by atoms with Gasteiger partial charge in [-0.3, -0.25) is 34.2 Å². The lowest BCUT2D eigenvalue weighted by atomic mass is 9.84. The first-order chi connectivity index (χ1) is 15.7. The van der Waals surface area contributed by atoms with E-state index >= 15 is 0 Å². The Morgan fingerprint density at radius 2 is 1.44 bits per heavy atom. The van der Waals surface area contributed by atoms with Crippen molar-refractivity contribution in [1.29, 1.82) is 0 Å². The highest BCUT2D eigenvalue weighted by Crippen LogP contribution is 2.77. The third-order valence-corrected chi connectivity index (χ3v) is 10.3. The molecule has 1 heterocycles. The van der Waals surface area contributed by atoms with Gasteiger partial charge in [-0.25, -0.2) is 0 Å². The second kappa shape index (κ2) is 8.21. The molecule has 1 aromatic carbocycles. The third-order valence-electron chi connectivity index (χ3n) is 6.05. The van der Waals surface area contributed by atoms with Gasteiger partial charge in [0.15, 0.2) is 16.7 Å². The standard InChI is InChI=1S/C19H10Cl6N2O7/c20-13-14(21)18(23)12-11(17(13,22)19(18,24)25)15(30)26(16(12)31)5-10(29)34-6-9(28)7-1-3-8(4-2-7)27(32)33/h1-4,11-12H,5-6H2/t11-,12-,17-,18-/m1/s1. The van der Waals surface area contributed by atoms with E-state index in [1.807, 2.05) is 0 Å². The van der Waals surface area contributed by atoms with Crippen molar-refractivity contribution in [3.8, 4) is 0 Å². The van der Waals surface area contributed by atoms with Gasteiger partial charge in [0.25, 0.3) is 5.69 Å². The first kappa shape index (κ1) is 25.5. The number of allylic oxidation sites excluding steroid dienone is 2. The summed E-state index contributed by atoms with van der Waals surface area (Å²) in [6.07, 6.45) is 0. The van der Waals surface area contributed by atoms with E-state index in [2.05, 4.69) is 0 Å². The van der Waals surface area contributed by atoms with Crippen LogP contribution in [0, 0.1) is 22.0 Å². The SMILES string of the molecule is O=C(CN1C(=O)[C@H]2[C@H](C1=O)[C@@]1(Cl)C(Cl)=C(Cl)[C@@]2(Cl)C1(Cl)Cl)OCC(=O)c1ccc([N+](=O)[O-])cc1. The Bertz CT molecular complexity index is 1160. The van der Waals surface area contributed by atoms with E-state index in [9.17, 15) is 29.3 Å². The van der Waals surface area contributed by atoms with Crippen LogP contribution in [0.4, 0.5) is 5.69 Å². The predicted molar refractivity (Wildman–Crippen MR) is 122 cm³/mol. The van der Waals surface area contributed by atoms with E-state index in [0.717, 1.165) is 12.1 Å². The summed E-state index contributed by atoms with van der Waals surface area (Å²) in [5.41, 5.74) is -0.164. The molecule has 2 bridgehead atoms. The Hall–Kier alpha value is -1.62. The van der Waals surface area contributed by atoms with Gasteiger partial charge in [0.05, 0.1) is 26.8 Å². The number of hydrogen-bond donors (Lipinski definition) is 0. The fraction of sp³-hybridized carbons (Fsp3) is 0.368. The lowest BCUT2D eigenvalue weighted by molar-refractivity contribution is -0.384. The van der Waals surface area contributed by atoms with E-state index in [-0.39, 0.29) is 21.3 Å². The molecule has 2 fully saturated rings. The van der Waals surface area contributed by atoms with Gasteiger partial charge in [-0.05, 0) is 12.1 Å². The highest BCUT2D eigenvalue weighted by Gasteiger charge is 2.87. The number of nitro benzene ring substituents is 1. The molecule has 1 saturated carbocycles. The van der Waals surface area contributed by atoms with Crippen LogP contribution in [0.3, 0.4) is 0 Å². The number of carbonyl (C=O) groups excluding carboxylic acids is 4. The molecular formula is C19H10Cl6N2O7. The minimum absolute atomic E-state index is 0.0573. The number of fused-ring (bicyclic) bond motifs is 5. The Labute approximate surface area is 220 Å². The summed E-state index contributed by atoms with van der Waals surface area (Å²) in [5.74, 6) is -6.33.